The van der Waals surface area contributed by atoms with E-state index >= 15 is 0 Å². The van der Waals surface area contributed by atoms with Crippen LogP contribution in [-0.2, 0) is 9.53 Å². The highest BCUT2D eigenvalue weighted by molar-refractivity contribution is 6.05. The molecule has 0 saturated heterocycles. The van der Waals surface area contributed by atoms with Gasteiger partial charge in [-0.25, -0.2) is 27.6 Å². The maximum atomic E-state index is 13.9. The Hall–Kier alpha value is -4.21. The van der Waals surface area contributed by atoms with Gasteiger partial charge in [0.2, 0.25) is 0 Å². The molecule has 0 aliphatic heterocycles. The van der Waals surface area contributed by atoms with E-state index in [0.29, 0.717) is 22.8 Å². The molecule has 2 heterocycles. The van der Waals surface area contributed by atoms with Gasteiger partial charge in [-0.1, -0.05) is 30.3 Å². The van der Waals surface area contributed by atoms with Gasteiger partial charge in [-0.05, 0) is 39.0 Å². The zero-order chi connectivity index (χ0) is 25.3. The van der Waals surface area contributed by atoms with E-state index in [2.05, 4.69) is 15.4 Å². The van der Waals surface area contributed by atoms with Crippen LogP contribution in [0.15, 0.2) is 54.7 Å². The van der Waals surface area contributed by atoms with Crippen LogP contribution in [0.1, 0.15) is 37.2 Å². The van der Waals surface area contributed by atoms with Crippen LogP contribution in [0.4, 0.5) is 18.9 Å². The van der Waals surface area contributed by atoms with Gasteiger partial charge in [0.15, 0.2) is 29.2 Å². The zero-order valence-electron chi connectivity index (χ0n) is 19.1. The molecule has 180 valence electrons. The second-order valence-corrected chi connectivity index (χ2v) is 8.10. The largest absolute Gasteiger partial charge is 0.449 e. The fourth-order valence-electron chi connectivity index (χ4n) is 3.46. The quantitative estimate of drug-likeness (QED) is 0.299. The number of carbonyl (C=O) groups is 2. The van der Waals surface area contributed by atoms with Gasteiger partial charge in [-0.3, -0.25) is 4.79 Å². The van der Waals surface area contributed by atoms with Gasteiger partial charge in [0.25, 0.3) is 5.91 Å². The van der Waals surface area contributed by atoms with Gasteiger partial charge in [-0.15, -0.1) is 0 Å². The van der Waals surface area contributed by atoms with E-state index in [9.17, 15) is 22.8 Å². The Kier molecular flexibility index (Phi) is 6.54. The minimum atomic E-state index is -1.72. The molecule has 0 spiro atoms. The summed E-state index contributed by atoms with van der Waals surface area (Å²) in [5.74, 6) is -6.41. The molecule has 0 saturated carbocycles. The third-order valence-electron chi connectivity index (χ3n) is 5.29. The van der Waals surface area contributed by atoms with Crippen molar-refractivity contribution in [2.75, 3.05) is 5.32 Å². The molecular weight excluding hydrogens is 461 g/mol. The predicted molar refractivity (Wildman–Crippen MR) is 123 cm³/mol. The fraction of sp³-hybridized carbons (Fsp3) is 0.200. The van der Waals surface area contributed by atoms with Crippen LogP contribution in [0, 0.1) is 17.5 Å². The van der Waals surface area contributed by atoms with Gasteiger partial charge in [0.05, 0.1) is 28.5 Å². The first-order chi connectivity index (χ1) is 16.7. The molecule has 0 fully saturated rings. The Morgan fingerprint density at radius 3 is 2.40 bits per heavy atom. The van der Waals surface area contributed by atoms with Crippen LogP contribution < -0.4 is 5.32 Å². The molecule has 35 heavy (non-hydrogen) atoms. The van der Waals surface area contributed by atoms with Crippen LogP contribution in [0.5, 0.6) is 0 Å². The average molecular weight is 482 g/mol. The van der Waals surface area contributed by atoms with Crippen LogP contribution in [-0.4, -0.2) is 32.7 Å². The topological polar surface area (TPSA) is 86.1 Å². The van der Waals surface area contributed by atoms with Crippen LogP contribution >= 0.6 is 0 Å². The summed E-state index contributed by atoms with van der Waals surface area (Å²) in [6.07, 6.45) is 0.119. The normalized spacial score (nSPS) is 12.1. The number of hydrogen-bond acceptors (Lipinski definition) is 5. The SMILES string of the molecule is CC(OC(=O)c1cc(-c2ccccc2)nc2c1cnn2C(C)C)C(=O)Nc1ccc(F)c(F)c1F. The van der Waals surface area contributed by atoms with E-state index in [1.165, 1.54) is 13.1 Å². The fourth-order valence-corrected chi connectivity index (χ4v) is 3.46. The second kappa shape index (κ2) is 9.57. The summed E-state index contributed by atoms with van der Waals surface area (Å²) in [4.78, 5) is 30.2. The molecule has 4 aromatic rings. The number of anilines is 1. The Balaban J connectivity index is 1.64. The van der Waals surface area contributed by atoms with E-state index in [4.69, 9.17) is 4.74 Å². The van der Waals surface area contributed by atoms with Crippen molar-refractivity contribution in [3.05, 3.63) is 77.7 Å². The molecule has 1 atom stereocenters. The first-order valence-electron chi connectivity index (χ1n) is 10.8. The number of amides is 1. The van der Waals surface area contributed by atoms with E-state index in [0.717, 1.165) is 11.6 Å². The number of ether oxygens (including phenoxy) is 1. The number of aromatic nitrogens is 3. The van der Waals surface area contributed by atoms with E-state index < -0.39 is 41.1 Å². The molecule has 1 amide bonds. The maximum Gasteiger partial charge on any atom is 0.339 e. The van der Waals surface area contributed by atoms with E-state index in [1.807, 2.05) is 44.2 Å². The molecule has 2 aromatic heterocycles. The van der Waals surface area contributed by atoms with Crippen molar-refractivity contribution in [1.82, 2.24) is 14.8 Å². The molecular formula is C25H21F3N4O3. The van der Waals surface area contributed by atoms with Gasteiger partial charge >= 0.3 is 5.97 Å². The lowest BCUT2D eigenvalue weighted by Crippen LogP contribution is -2.30. The highest BCUT2D eigenvalue weighted by Gasteiger charge is 2.25. The number of pyridine rings is 1. The highest BCUT2D eigenvalue weighted by Crippen LogP contribution is 2.27. The number of hydrogen-bond donors (Lipinski definition) is 1. The van der Waals surface area contributed by atoms with Crippen molar-refractivity contribution in [3.8, 4) is 11.3 Å². The van der Waals surface area contributed by atoms with Crippen molar-refractivity contribution in [3.63, 3.8) is 0 Å². The monoisotopic (exact) mass is 482 g/mol. The van der Waals surface area contributed by atoms with Crippen LogP contribution in [0.2, 0.25) is 0 Å². The molecule has 1 unspecified atom stereocenters. The molecule has 1 N–H and O–H groups in total. The van der Waals surface area contributed by atoms with Gasteiger partial charge in [-0.2, -0.15) is 5.10 Å². The Labute approximate surface area is 198 Å². The molecule has 2 aromatic carbocycles. The Morgan fingerprint density at radius 1 is 1.00 bits per heavy atom. The van der Waals surface area contributed by atoms with Gasteiger partial charge in [0, 0.05) is 11.6 Å². The average Bonchev–Trinajstić information content (AvgIpc) is 3.28. The zero-order valence-corrected chi connectivity index (χ0v) is 19.1. The van der Waals surface area contributed by atoms with Gasteiger partial charge in [0.1, 0.15) is 0 Å². The standard InChI is InChI=1S/C25H21F3N4O3/c1-13(2)32-23-17(12-29-32)16(11-20(30-23)15-7-5-4-6-8-15)25(34)35-14(3)24(33)31-19-10-9-18(26)21(27)22(19)28/h4-14H,1-3H3,(H,31,33). The number of halogens is 3. The number of carbonyl (C=O) groups excluding carboxylic acids is 2. The second-order valence-electron chi connectivity index (χ2n) is 8.10. The summed E-state index contributed by atoms with van der Waals surface area (Å²) in [5, 5.41) is 6.86. The smallest absolute Gasteiger partial charge is 0.339 e. The van der Waals surface area contributed by atoms with Crippen molar-refractivity contribution in [1.29, 1.82) is 0 Å². The number of fused-ring (bicyclic) bond motifs is 1. The van der Waals surface area contributed by atoms with Crippen LogP contribution in [0.3, 0.4) is 0 Å². The van der Waals surface area contributed by atoms with Crippen molar-refractivity contribution < 1.29 is 27.5 Å². The Bertz CT molecular complexity index is 1420. The summed E-state index contributed by atoms with van der Waals surface area (Å²) in [6.45, 7) is 5.12. The Morgan fingerprint density at radius 2 is 1.71 bits per heavy atom. The summed E-state index contributed by atoms with van der Waals surface area (Å²) in [5.41, 5.74) is 1.30. The summed E-state index contributed by atoms with van der Waals surface area (Å²) >= 11 is 0. The molecule has 0 radical (unpaired) electrons. The third kappa shape index (κ3) is 4.72. The number of rotatable bonds is 6. The van der Waals surface area contributed by atoms with Crippen molar-refractivity contribution >= 4 is 28.6 Å². The molecule has 0 aliphatic carbocycles. The maximum absolute atomic E-state index is 13.9. The number of esters is 1. The van der Waals surface area contributed by atoms with Crippen molar-refractivity contribution in [2.24, 2.45) is 0 Å². The third-order valence-corrected chi connectivity index (χ3v) is 5.29. The molecule has 7 nitrogen and oxygen atoms in total. The van der Waals surface area contributed by atoms with E-state index in [1.54, 1.807) is 10.7 Å². The summed E-state index contributed by atoms with van der Waals surface area (Å²) < 4.78 is 47.5. The first kappa shape index (κ1) is 23.9. The number of nitrogens with zero attached hydrogens (tertiary/aromatic N) is 3. The molecule has 0 bridgehead atoms. The van der Waals surface area contributed by atoms with Gasteiger partial charge < -0.3 is 10.1 Å². The number of nitrogens with one attached hydrogen (secondary N) is 1. The lowest BCUT2D eigenvalue weighted by molar-refractivity contribution is -0.123. The molecule has 4 rings (SSSR count). The minimum absolute atomic E-state index is 0.0365. The molecule has 0 aliphatic rings. The van der Waals surface area contributed by atoms with Crippen molar-refractivity contribution in [2.45, 2.75) is 32.9 Å². The summed E-state index contributed by atoms with van der Waals surface area (Å²) in [7, 11) is 0. The lowest BCUT2D eigenvalue weighted by Gasteiger charge is -2.15. The van der Waals surface area contributed by atoms with Crippen LogP contribution in [0.25, 0.3) is 22.3 Å². The summed E-state index contributed by atoms with van der Waals surface area (Å²) in [6, 6.07) is 12.3. The molecule has 10 heteroatoms. The van der Waals surface area contributed by atoms with E-state index in [-0.39, 0.29) is 11.6 Å². The predicted octanol–water partition coefficient (Wildman–Crippen LogP) is 5.28. The number of benzene rings is 2. The lowest BCUT2D eigenvalue weighted by atomic mass is 10.1. The minimum Gasteiger partial charge on any atom is -0.449 e. The highest BCUT2D eigenvalue weighted by atomic mass is 19.2. The first-order valence-corrected chi connectivity index (χ1v) is 10.8.